The third-order valence-corrected chi connectivity index (χ3v) is 1.13. The van der Waals surface area contributed by atoms with Crippen molar-refractivity contribution in [2.24, 2.45) is 0 Å². The van der Waals surface area contributed by atoms with Gasteiger partial charge in [-0.25, -0.2) is 8.78 Å². The Morgan fingerprint density at radius 2 is 2.00 bits per heavy atom. The number of carbonyl (C=O) groups excluding carboxylic acids is 1. The van der Waals surface area contributed by atoms with Crippen molar-refractivity contribution in [3.63, 3.8) is 0 Å². The second kappa shape index (κ2) is 4.77. The molecule has 0 bridgehead atoms. The number of rotatable bonds is 3. The summed E-state index contributed by atoms with van der Waals surface area (Å²) in [7, 11) is 0. The summed E-state index contributed by atoms with van der Waals surface area (Å²) in [6, 6.07) is 0. The van der Waals surface area contributed by atoms with Gasteiger partial charge in [-0.3, -0.25) is 4.79 Å². The van der Waals surface area contributed by atoms with Gasteiger partial charge in [-0.15, -0.1) is 0 Å². The lowest BCUT2D eigenvalue weighted by Crippen LogP contribution is -1.87. The van der Waals surface area contributed by atoms with Crippen LogP contribution in [0.1, 0.15) is 20.3 Å². The molecule has 11 heavy (non-hydrogen) atoms. The van der Waals surface area contributed by atoms with E-state index in [0.717, 1.165) is 13.0 Å². The van der Waals surface area contributed by atoms with Gasteiger partial charge >= 0.3 is 0 Å². The summed E-state index contributed by atoms with van der Waals surface area (Å²) >= 11 is 0. The average Bonchev–Trinajstić information content (AvgIpc) is 1.88. The van der Waals surface area contributed by atoms with Crippen LogP contribution in [0.2, 0.25) is 0 Å². The van der Waals surface area contributed by atoms with E-state index in [1.54, 1.807) is 6.92 Å². The molecule has 0 fully saturated rings. The third-order valence-electron chi connectivity index (χ3n) is 1.13. The van der Waals surface area contributed by atoms with Crippen LogP contribution in [0.25, 0.3) is 0 Å². The minimum absolute atomic E-state index is 0.177. The highest BCUT2D eigenvalue weighted by Crippen LogP contribution is 2.15. The first kappa shape index (κ1) is 10.0. The molecule has 1 nitrogen and oxygen atoms in total. The van der Waals surface area contributed by atoms with E-state index in [0.29, 0.717) is 6.42 Å². The van der Waals surface area contributed by atoms with Crippen molar-refractivity contribution >= 4 is 6.29 Å². The van der Waals surface area contributed by atoms with Crippen LogP contribution in [-0.4, -0.2) is 6.29 Å². The maximum absolute atomic E-state index is 12.7. The molecule has 62 valence electrons. The zero-order valence-corrected chi connectivity index (χ0v) is 6.53. The van der Waals surface area contributed by atoms with E-state index < -0.39 is 17.2 Å². The van der Waals surface area contributed by atoms with Gasteiger partial charge in [0.15, 0.2) is 6.29 Å². The summed E-state index contributed by atoms with van der Waals surface area (Å²) in [5, 5.41) is 0. The van der Waals surface area contributed by atoms with Gasteiger partial charge in [-0.1, -0.05) is 6.92 Å². The lowest BCUT2D eigenvalue weighted by Gasteiger charge is -1.94. The minimum atomic E-state index is -0.790. The lowest BCUT2D eigenvalue weighted by atomic mass is 10.2. The summed E-state index contributed by atoms with van der Waals surface area (Å²) in [6.45, 7) is 2.75. The largest absolute Gasteiger partial charge is 0.298 e. The molecule has 0 amide bonds. The standard InChI is InChI=1S/C8H10F2O/c1-3-4-8(10)7(5-11)6(2)9/h4-5H,3H2,1-2H3/b7-6+,8-4+. The van der Waals surface area contributed by atoms with E-state index in [1.165, 1.54) is 0 Å². The van der Waals surface area contributed by atoms with Crippen LogP contribution < -0.4 is 0 Å². The Morgan fingerprint density at radius 3 is 2.27 bits per heavy atom. The van der Waals surface area contributed by atoms with Crippen LogP contribution in [0, 0.1) is 0 Å². The normalized spacial score (nSPS) is 14.4. The Kier molecular flexibility index (Phi) is 4.34. The highest BCUT2D eigenvalue weighted by Gasteiger charge is 2.05. The fourth-order valence-electron chi connectivity index (χ4n) is 0.591. The second-order valence-corrected chi connectivity index (χ2v) is 2.03. The van der Waals surface area contributed by atoms with Gasteiger partial charge < -0.3 is 0 Å². The van der Waals surface area contributed by atoms with Crippen LogP contribution >= 0.6 is 0 Å². The van der Waals surface area contributed by atoms with Crippen molar-refractivity contribution in [2.45, 2.75) is 20.3 Å². The molecule has 0 aromatic carbocycles. The topological polar surface area (TPSA) is 17.1 Å². The van der Waals surface area contributed by atoms with E-state index in [4.69, 9.17) is 0 Å². The summed E-state index contributed by atoms with van der Waals surface area (Å²) in [6.07, 6.45) is 1.78. The van der Waals surface area contributed by atoms with Crippen molar-refractivity contribution in [1.82, 2.24) is 0 Å². The van der Waals surface area contributed by atoms with Crippen LogP contribution in [0.5, 0.6) is 0 Å². The van der Waals surface area contributed by atoms with E-state index in [-0.39, 0.29) is 6.29 Å². The number of halogens is 2. The molecule has 0 aliphatic heterocycles. The molecule has 0 spiro atoms. The van der Waals surface area contributed by atoms with E-state index in [2.05, 4.69) is 0 Å². The first-order valence-corrected chi connectivity index (χ1v) is 3.31. The highest BCUT2D eigenvalue weighted by atomic mass is 19.1. The maximum Gasteiger partial charge on any atom is 0.155 e. The van der Waals surface area contributed by atoms with Crippen LogP contribution in [-0.2, 0) is 4.79 Å². The lowest BCUT2D eigenvalue weighted by molar-refractivity contribution is -0.104. The molecule has 3 heteroatoms. The number of carbonyl (C=O) groups is 1. The number of hydrogen-bond donors (Lipinski definition) is 0. The predicted octanol–water partition coefficient (Wildman–Crippen LogP) is 2.69. The Bertz CT molecular complexity index is 200. The zero-order chi connectivity index (χ0) is 8.85. The van der Waals surface area contributed by atoms with Gasteiger partial charge in [0.25, 0.3) is 0 Å². The zero-order valence-electron chi connectivity index (χ0n) is 6.53. The van der Waals surface area contributed by atoms with Gasteiger partial charge in [0.1, 0.15) is 11.7 Å². The monoisotopic (exact) mass is 160 g/mol. The summed E-state index contributed by atoms with van der Waals surface area (Å²) in [5.74, 6) is -1.58. The fraction of sp³-hybridized carbons (Fsp3) is 0.375. The molecule has 0 aromatic heterocycles. The molecule has 0 atom stereocenters. The smallest absolute Gasteiger partial charge is 0.155 e. The molecule has 0 radical (unpaired) electrons. The Labute approximate surface area is 64.4 Å². The van der Waals surface area contributed by atoms with E-state index >= 15 is 0 Å². The molecule has 0 rings (SSSR count). The number of hydrogen-bond acceptors (Lipinski definition) is 1. The second-order valence-electron chi connectivity index (χ2n) is 2.03. The quantitative estimate of drug-likeness (QED) is 0.352. The van der Waals surface area contributed by atoms with Crippen LogP contribution in [0.15, 0.2) is 23.3 Å². The Balaban J connectivity index is 4.67. The van der Waals surface area contributed by atoms with Crippen molar-refractivity contribution < 1.29 is 13.6 Å². The number of allylic oxidation sites excluding steroid dienone is 4. The SMILES string of the molecule is CC/C=C(F)\C(C=O)=C(/C)F. The van der Waals surface area contributed by atoms with Crippen molar-refractivity contribution in [3.8, 4) is 0 Å². The van der Waals surface area contributed by atoms with Crippen molar-refractivity contribution in [3.05, 3.63) is 23.3 Å². The molecule has 0 saturated heterocycles. The first-order valence-electron chi connectivity index (χ1n) is 3.31. The van der Waals surface area contributed by atoms with Gasteiger partial charge in [0.2, 0.25) is 0 Å². The molecule has 0 aliphatic rings. The minimum Gasteiger partial charge on any atom is -0.298 e. The maximum atomic E-state index is 12.7. The van der Waals surface area contributed by atoms with Gasteiger partial charge in [0.05, 0.1) is 5.57 Å². The van der Waals surface area contributed by atoms with Gasteiger partial charge in [-0.2, -0.15) is 0 Å². The van der Waals surface area contributed by atoms with E-state index in [1.807, 2.05) is 0 Å². The molecule has 0 aliphatic carbocycles. The Hall–Kier alpha value is -0.990. The van der Waals surface area contributed by atoms with Gasteiger partial charge in [-0.05, 0) is 19.4 Å². The molecule has 0 heterocycles. The van der Waals surface area contributed by atoms with Crippen LogP contribution in [0.4, 0.5) is 8.78 Å². The predicted molar refractivity (Wildman–Crippen MR) is 39.4 cm³/mol. The molecule has 0 N–H and O–H groups in total. The first-order chi connectivity index (χ1) is 5.13. The Morgan fingerprint density at radius 1 is 1.45 bits per heavy atom. The molecule has 0 saturated carbocycles. The van der Waals surface area contributed by atoms with Crippen molar-refractivity contribution in [1.29, 1.82) is 0 Å². The molecule has 0 aromatic rings. The molecule has 0 unspecified atom stereocenters. The fourth-order valence-corrected chi connectivity index (χ4v) is 0.591. The third kappa shape index (κ3) is 3.07. The summed E-state index contributed by atoms with van der Waals surface area (Å²) in [5.41, 5.74) is -0.494. The van der Waals surface area contributed by atoms with Crippen LogP contribution in [0.3, 0.4) is 0 Å². The number of aldehydes is 1. The molecular formula is C8H10F2O. The van der Waals surface area contributed by atoms with Crippen molar-refractivity contribution in [2.75, 3.05) is 0 Å². The molecular weight excluding hydrogens is 150 g/mol. The van der Waals surface area contributed by atoms with Gasteiger partial charge in [0, 0.05) is 0 Å². The summed E-state index contributed by atoms with van der Waals surface area (Å²) < 4.78 is 25.0. The summed E-state index contributed by atoms with van der Waals surface area (Å²) in [4.78, 5) is 10.1. The average molecular weight is 160 g/mol. The highest BCUT2D eigenvalue weighted by molar-refractivity contribution is 5.79. The van der Waals surface area contributed by atoms with E-state index in [9.17, 15) is 13.6 Å².